The van der Waals surface area contributed by atoms with E-state index in [2.05, 4.69) is 0 Å². The van der Waals surface area contributed by atoms with Crippen molar-refractivity contribution in [1.29, 1.82) is 0 Å². The van der Waals surface area contributed by atoms with Crippen LogP contribution in [0.5, 0.6) is 0 Å². The Balaban J connectivity index is 2.78. The summed E-state index contributed by atoms with van der Waals surface area (Å²) in [4.78, 5) is 84.8. The molecule has 0 saturated carbocycles. The van der Waals surface area contributed by atoms with Gasteiger partial charge in [-0.2, -0.15) is 0 Å². The van der Waals surface area contributed by atoms with Crippen molar-refractivity contribution in [1.82, 2.24) is 0 Å². The van der Waals surface area contributed by atoms with Crippen molar-refractivity contribution in [3.8, 4) is 0 Å². The third-order valence-corrected chi connectivity index (χ3v) is 6.29. The average molecular weight is 681 g/mol. The lowest BCUT2D eigenvalue weighted by Gasteiger charge is -2.46. The van der Waals surface area contributed by atoms with Crippen molar-refractivity contribution in [3.63, 3.8) is 0 Å². The maximum absolute atomic E-state index is 12.3. The monoisotopic (exact) mass is 680 g/mol. The predicted octanol–water partition coefficient (Wildman–Crippen LogP) is -1.04. The summed E-state index contributed by atoms with van der Waals surface area (Å²) in [6.45, 7) is 6.52. The molecule has 1 N–H and O–H groups in total. The van der Waals surface area contributed by atoms with Gasteiger partial charge in [-0.25, -0.2) is 0 Å². The predicted molar refractivity (Wildman–Crippen MR) is 146 cm³/mol. The molecule has 0 bridgehead atoms. The number of rotatable bonds is 14. The van der Waals surface area contributed by atoms with Gasteiger partial charge in [0.05, 0.1) is 6.61 Å². The lowest BCUT2D eigenvalue weighted by atomic mass is 9.97. The van der Waals surface area contributed by atoms with Crippen LogP contribution < -0.4 is 0 Å². The molecule has 0 aromatic rings. The Morgan fingerprint density at radius 1 is 0.617 bits per heavy atom. The summed E-state index contributed by atoms with van der Waals surface area (Å²) in [6, 6.07) is 0. The van der Waals surface area contributed by atoms with Gasteiger partial charge in [0.25, 0.3) is 0 Å². The fraction of sp³-hybridized carbons (Fsp3) is 0.750. The lowest BCUT2D eigenvalue weighted by molar-refractivity contribution is -0.384. The molecule has 266 valence electrons. The molecular formula is C28H40O19. The second kappa shape index (κ2) is 17.3. The Hall–Kier alpha value is -3.91. The van der Waals surface area contributed by atoms with Crippen LogP contribution in [0.3, 0.4) is 0 Å². The first-order valence-electron chi connectivity index (χ1n) is 14.3. The number of carbonyl (C=O) groups is 7. The van der Waals surface area contributed by atoms with Gasteiger partial charge < -0.3 is 57.2 Å². The van der Waals surface area contributed by atoms with Gasteiger partial charge in [0.2, 0.25) is 12.1 Å². The number of hydrogen-bond donors (Lipinski definition) is 1. The van der Waals surface area contributed by atoms with Gasteiger partial charge >= 0.3 is 41.8 Å². The van der Waals surface area contributed by atoms with E-state index in [1.807, 2.05) is 0 Å². The lowest BCUT2D eigenvalue weighted by Crippen LogP contribution is -2.65. The minimum absolute atomic E-state index is 0.489. The number of carbonyl (C=O) groups excluding carboxylic acids is 7. The molecule has 0 aromatic heterocycles. The molecule has 10 atom stereocenters. The van der Waals surface area contributed by atoms with Gasteiger partial charge in [0.1, 0.15) is 25.4 Å². The second-order valence-corrected chi connectivity index (χ2v) is 10.5. The summed E-state index contributed by atoms with van der Waals surface area (Å²) in [5.41, 5.74) is 0. The van der Waals surface area contributed by atoms with Gasteiger partial charge in [0.15, 0.2) is 36.8 Å². The molecule has 47 heavy (non-hydrogen) atoms. The molecule has 2 aliphatic heterocycles. The number of hydrogen-bond acceptors (Lipinski definition) is 19. The van der Waals surface area contributed by atoms with Crippen LogP contribution in [-0.4, -0.2) is 128 Å². The largest absolute Gasteiger partial charge is 0.463 e. The molecule has 0 amide bonds. The summed E-state index contributed by atoms with van der Waals surface area (Å²) < 4.78 is 60.8. The zero-order valence-corrected chi connectivity index (χ0v) is 27.1. The maximum Gasteiger partial charge on any atom is 0.303 e. The Labute approximate surface area is 269 Å². The van der Waals surface area contributed by atoms with Crippen LogP contribution in [0, 0.1) is 0 Å². The molecule has 0 aliphatic carbocycles. The summed E-state index contributed by atoms with van der Waals surface area (Å²) in [6.07, 6.45) is -14.3. The third-order valence-electron chi connectivity index (χ3n) is 6.29. The number of esters is 7. The molecule has 19 nitrogen and oxygen atoms in total. The molecule has 0 spiro atoms. The van der Waals surface area contributed by atoms with Crippen molar-refractivity contribution in [3.05, 3.63) is 0 Å². The van der Waals surface area contributed by atoms with Crippen LogP contribution in [0.1, 0.15) is 55.4 Å². The third kappa shape index (κ3) is 11.7. The first-order valence-corrected chi connectivity index (χ1v) is 14.3. The molecule has 19 heteroatoms. The zero-order valence-electron chi connectivity index (χ0n) is 27.1. The molecule has 1 unspecified atom stereocenters. The van der Waals surface area contributed by atoms with Gasteiger partial charge in [-0.3, -0.25) is 33.6 Å². The van der Waals surface area contributed by atoms with Gasteiger partial charge in [-0.05, 0) is 6.92 Å². The molecular weight excluding hydrogens is 640 g/mol. The quantitative estimate of drug-likeness (QED) is 0.131. The van der Waals surface area contributed by atoms with Crippen LogP contribution >= 0.6 is 0 Å². The minimum Gasteiger partial charge on any atom is -0.463 e. The SMILES string of the molecule is CC(=O)OC[C@H]1O[C@H](O[C@]2(COC(C)=O)O[C@H](COC(C)O)[C@@H](OC(C)=O)[C@@H]2OC(C)=O)[C@H](OC(C)=O)[C@@H](OC(C)=O)[C@@H]1OC(C)=O. The Morgan fingerprint density at radius 2 is 1.11 bits per heavy atom. The van der Waals surface area contributed by atoms with E-state index in [9.17, 15) is 38.7 Å². The molecule has 0 radical (unpaired) electrons. The maximum atomic E-state index is 12.3. The highest BCUT2D eigenvalue weighted by Gasteiger charge is 2.64. The molecule has 2 aliphatic rings. The highest BCUT2D eigenvalue weighted by atomic mass is 16.8. The summed E-state index contributed by atoms with van der Waals surface area (Å²) in [5.74, 6) is -8.66. The van der Waals surface area contributed by atoms with E-state index in [0.29, 0.717) is 0 Å². The first-order chi connectivity index (χ1) is 21.8. The van der Waals surface area contributed by atoms with Crippen LogP contribution in [0.4, 0.5) is 0 Å². The van der Waals surface area contributed by atoms with E-state index in [-0.39, 0.29) is 0 Å². The Bertz CT molecular complexity index is 1170. The van der Waals surface area contributed by atoms with Crippen molar-refractivity contribution in [2.45, 2.75) is 116 Å². The average Bonchev–Trinajstić information content (AvgIpc) is 3.18. The van der Waals surface area contributed by atoms with Crippen molar-refractivity contribution < 1.29 is 90.8 Å². The highest BCUT2D eigenvalue weighted by molar-refractivity contribution is 5.69. The molecule has 2 saturated heterocycles. The van der Waals surface area contributed by atoms with Crippen LogP contribution in [0.2, 0.25) is 0 Å². The fourth-order valence-corrected chi connectivity index (χ4v) is 4.79. The summed E-state index contributed by atoms with van der Waals surface area (Å²) in [7, 11) is 0. The number of aliphatic hydroxyl groups excluding tert-OH is 1. The Morgan fingerprint density at radius 3 is 1.60 bits per heavy atom. The van der Waals surface area contributed by atoms with Crippen molar-refractivity contribution in [2.75, 3.05) is 19.8 Å². The fourth-order valence-electron chi connectivity index (χ4n) is 4.79. The zero-order chi connectivity index (χ0) is 35.6. The summed E-state index contributed by atoms with van der Waals surface area (Å²) in [5, 5.41) is 9.73. The Kier molecular flexibility index (Phi) is 14.5. The van der Waals surface area contributed by atoms with Crippen LogP contribution in [-0.2, 0) is 85.7 Å². The van der Waals surface area contributed by atoms with E-state index >= 15 is 0 Å². The van der Waals surface area contributed by atoms with Gasteiger partial charge in [0, 0.05) is 48.5 Å². The van der Waals surface area contributed by atoms with Gasteiger partial charge in [-0.15, -0.1) is 0 Å². The van der Waals surface area contributed by atoms with E-state index < -0.39 is 123 Å². The first kappa shape index (κ1) is 39.3. The number of ether oxygens (including phenoxy) is 11. The molecule has 2 rings (SSSR count). The van der Waals surface area contributed by atoms with E-state index in [0.717, 1.165) is 48.5 Å². The van der Waals surface area contributed by atoms with E-state index in [1.54, 1.807) is 0 Å². The number of aliphatic hydroxyl groups is 1. The second-order valence-electron chi connectivity index (χ2n) is 10.5. The van der Waals surface area contributed by atoms with Crippen LogP contribution in [0.25, 0.3) is 0 Å². The molecule has 2 heterocycles. The smallest absolute Gasteiger partial charge is 0.303 e. The standard InChI is InChI=1S/C28H40O19/c1-12(29)37-9-20-22(40-15(4)32)24(42-17(6)34)25(43-18(7)35)27(45-20)47-28(11-39-14(3)31)26(44-19(8)36)23(41-16(5)33)21(46-28)10-38-13(2)30/h13,20-27,30H,9-11H2,1-8H3/t13?,20-,21-,22-,23-,24+,25-,26+,27-,28+/m1/s1. The minimum atomic E-state index is -2.45. The van der Waals surface area contributed by atoms with Gasteiger partial charge in [-0.1, -0.05) is 0 Å². The van der Waals surface area contributed by atoms with E-state index in [4.69, 9.17) is 52.1 Å². The van der Waals surface area contributed by atoms with E-state index in [1.165, 1.54) is 6.92 Å². The topological polar surface area (TPSA) is 241 Å². The molecule has 2 fully saturated rings. The van der Waals surface area contributed by atoms with Crippen LogP contribution in [0.15, 0.2) is 0 Å². The molecule has 0 aromatic carbocycles. The summed E-state index contributed by atoms with van der Waals surface area (Å²) >= 11 is 0. The van der Waals surface area contributed by atoms with Crippen molar-refractivity contribution in [2.24, 2.45) is 0 Å². The highest BCUT2D eigenvalue weighted by Crippen LogP contribution is 2.41. The van der Waals surface area contributed by atoms with Crippen molar-refractivity contribution >= 4 is 41.8 Å². The normalized spacial score (nSPS) is 30.7.